The Hall–Kier alpha value is 0. The maximum absolute atomic E-state index is 2.34. The summed E-state index contributed by atoms with van der Waals surface area (Å²) < 4.78 is 0. The van der Waals surface area contributed by atoms with E-state index in [0.29, 0.717) is 0 Å². The second-order valence-corrected chi connectivity index (χ2v) is 7.56. The van der Waals surface area contributed by atoms with Gasteiger partial charge >= 0.3 is 0 Å². The second kappa shape index (κ2) is 13.6. The third-order valence-electron chi connectivity index (χ3n) is 5.67. The highest BCUT2D eigenvalue weighted by molar-refractivity contribution is 4.74. The molecule has 0 spiro atoms. The normalized spacial score (nSPS) is 18.0. The Labute approximate surface area is 135 Å². The zero-order valence-corrected chi connectivity index (χ0v) is 15.2. The summed E-state index contributed by atoms with van der Waals surface area (Å²) in [5, 5.41) is 0. The van der Waals surface area contributed by atoms with Gasteiger partial charge in [-0.1, -0.05) is 123 Å². The van der Waals surface area contributed by atoms with Gasteiger partial charge in [-0.05, 0) is 11.8 Å². The molecule has 1 fully saturated rings. The molecule has 1 atom stereocenters. The Morgan fingerprint density at radius 2 is 1.10 bits per heavy atom. The summed E-state index contributed by atoms with van der Waals surface area (Å²) in [6, 6.07) is 0. The van der Waals surface area contributed by atoms with Crippen LogP contribution >= 0.6 is 0 Å². The van der Waals surface area contributed by atoms with Crippen LogP contribution in [0.5, 0.6) is 0 Å². The van der Waals surface area contributed by atoms with Gasteiger partial charge < -0.3 is 0 Å². The molecule has 126 valence electrons. The standard InChI is InChI=1S/C21H42/c1-3-5-7-8-9-10-13-17-20(16-12-6-4-2)21-18-14-11-15-19-21/h20-21H,3-19H2,1-2H3. The average Bonchev–Trinajstić information content (AvgIpc) is 2.53. The first-order valence-electron chi connectivity index (χ1n) is 10.4. The van der Waals surface area contributed by atoms with Crippen molar-refractivity contribution in [1.29, 1.82) is 0 Å². The number of unbranched alkanes of at least 4 members (excludes halogenated alkanes) is 8. The highest BCUT2D eigenvalue weighted by atomic mass is 14.3. The minimum Gasteiger partial charge on any atom is -0.0654 e. The second-order valence-electron chi connectivity index (χ2n) is 7.56. The summed E-state index contributed by atoms with van der Waals surface area (Å²) in [5.74, 6) is 2.17. The van der Waals surface area contributed by atoms with E-state index in [4.69, 9.17) is 0 Å². The first kappa shape index (κ1) is 19.0. The molecule has 21 heavy (non-hydrogen) atoms. The first-order chi connectivity index (χ1) is 10.4. The fourth-order valence-electron chi connectivity index (χ4n) is 4.24. The smallest absolute Gasteiger partial charge is 0.0386 e. The quantitative estimate of drug-likeness (QED) is 0.303. The first-order valence-corrected chi connectivity index (χ1v) is 10.4. The molecular weight excluding hydrogens is 252 g/mol. The van der Waals surface area contributed by atoms with E-state index in [9.17, 15) is 0 Å². The van der Waals surface area contributed by atoms with Crippen LogP contribution in [0.4, 0.5) is 0 Å². The summed E-state index contributed by atoms with van der Waals surface area (Å²) >= 11 is 0. The van der Waals surface area contributed by atoms with Crippen molar-refractivity contribution < 1.29 is 0 Å². The van der Waals surface area contributed by atoms with Gasteiger partial charge in [0.05, 0.1) is 0 Å². The maximum atomic E-state index is 2.34. The van der Waals surface area contributed by atoms with E-state index in [2.05, 4.69) is 13.8 Å². The average molecular weight is 295 g/mol. The molecular formula is C21H42. The third kappa shape index (κ3) is 9.59. The summed E-state index contributed by atoms with van der Waals surface area (Å²) in [4.78, 5) is 0. The minimum atomic E-state index is 1.08. The Kier molecular flexibility index (Phi) is 12.4. The summed E-state index contributed by atoms with van der Waals surface area (Å²) in [5.41, 5.74) is 0. The van der Waals surface area contributed by atoms with Crippen LogP contribution in [0.2, 0.25) is 0 Å². The zero-order chi connectivity index (χ0) is 15.2. The van der Waals surface area contributed by atoms with Crippen LogP contribution in [-0.2, 0) is 0 Å². The van der Waals surface area contributed by atoms with E-state index >= 15 is 0 Å². The van der Waals surface area contributed by atoms with Gasteiger partial charge in [-0.15, -0.1) is 0 Å². The van der Waals surface area contributed by atoms with E-state index in [-0.39, 0.29) is 0 Å². The highest BCUT2D eigenvalue weighted by Gasteiger charge is 2.22. The van der Waals surface area contributed by atoms with Crippen molar-refractivity contribution >= 4 is 0 Å². The van der Waals surface area contributed by atoms with E-state index in [0.717, 1.165) is 11.8 Å². The molecule has 0 saturated heterocycles. The molecule has 0 aromatic rings. The monoisotopic (exact) mass is 294 g/mol. The van der Waals surface area contributed by atoms with Gasteiger partial charge in [0.1, 0.15) is 0 Å². The fraction of sp³-hybridized carbons (Fsp3) is 1.00. The fourth-order valence-corrected chi connectivity index (χ4v) is 4.24. The third-order valence-corrected chi connectivity index (χ3v) is 5.67. The lowest BCUT2D eigenvalue weighted by atomic mass is 9.75. The molecule has 1 aliphatic rings. The molecule has 1 saturated carbocycles. The molecule has 0 aromatic heterocycles. The molecule has 0 heterocycles. The molecule has 1 rings (SSSR count). The van der Waals surface area contributed by atoms with E-state index in [1.54, 1.807) is 19.3 Å². The van der Waals surface area contributed by atoms with Crippen molar-refractivity contribution in [2.45, 2.75) is 123 Å². The maximum Gasteiger partial charge on any atom is -0.0386 e. The molecule has 0 amide bonds. The van der Waals surface area contributed by atoms with E-state index in [1.165, 1.54) is 89.9 Å². The van der Waals surface area contributed by atoms with Crippen molar-refractivity contribution in [3.8, 4) is 0 Å². The van der Waals surface area contributed by atoms with Gasteiger partial charge in [0.2, 0.25) is 0 Å². The Morgan fingerprint density at radius 3 is 1.71 bits per heavy atom. The Balaban J connectivity index is 2.15. The lowest BCUT2D eigenvalue weighted by molar-refractivity contribution is 0.215. The van der Waals surface area contributed by atoms with E-state index < -0.39 is 0 Å². The van der Waals surface area contributed by atoms with Crippen LogP contribution in [0, 0.1) is 11.8 Å². The predicted molar refractivity (Wildman–Crippen MR) is 96.8 cm³/mol. The highest BCUT2D eigenvalue weighted by Crippen LogP contribution is 2.35. The van der Waals surface area contributed by atoms with E-state index in [1.807, 2.05) is 0 Å². The molecule has 0 bridgehead atoms. The lowest BCUT2D eigenvalue weighted by Gasteiger charge is -2.30. The minimum absolute atomic E-state index is 1.08. The van der Waals surface area contributed by atoms with Crippen LogP contribution in [0.15, 0.2) is 0 Å². The molecule has 0 aliphatic heterocycles. The van der Waals surface area contributed by atoms with Crippen molar-refractivity contribution in [2.24, 2.45) is 11.8 Å². The summed E-state index contributed by atoms with van der Waals surface area (Å²) in [7, 11) is 0. The van der Waals surface area contributed by atoms with Crippen LogP contribution in [0.1, 0.15) is 123 Å². The number of rotatable bonds is 13. The summed E-state index contributed by atoms with van der Waals surface area (Å²) in [6.45, 7) is 4.65. The van der Waals surface area contributed by atoms with Crippen molar-refractivity contribution in [3.05, 3.63) is 0 Å². The molecule has 1 aliphatic carbocycles. The van der Waals surface area contributed by atoms with Gasteiger partial charge in [0, 0.05) is 0 Å². The van der Waals surface area contributed by atoms with Gasteiger partial charge in [-0.2, -0.15) is 0 Å². The van der Waals surface area contributed by atoms with Crippen LogP contribution in [0.3, 0.4) is 0 Å². The summed E-state index contributed by atoms with van der Waals surface area (Å²) in [6.07, 6.45) is 25.3. The number of hydrogen-bond acceptors (Lipinski definition) is 0. The van der Waals surface area contributed by atoms with Gasteiger partial charge in [-0.25, -0.2) is 0 Å². The van der Waals surface area contributed by atoms with Crippen LogP contribution in [0.25, 0.3) is 0 Å². The SMILES string of the molecule is CCCCCCCCCC(CCCCC)C1CCCCC1. The zero-order valence-electron chi connectivity index (χ0n) is 15.2. The molecule has 0 heteroatoms. The Bertz CT molecular complexity index is 202. The topological polar surface area (TPSA) is 0 Å². The molecule has 1 unspecified atom stereocenters. The van der Waals surface area contributed by atoms with Crippen LogP contribution in [-0.4, -0.2) is 0 Å². The lowest BCUT2D eigenvalue weighted by Crippen LogP contribution is -2.18. The molecule has 0 nitrogen and oxygen atoms in total. The molecule has 0 aromatic carbocycles. The van der Waals surface area contributed by atoms with Crippen molar-refractivity contribution in [2.75, 3.05) is 0 Å². The molecule has 0 radical (unpaired) electrons. The van der Waals surface area contributed by atoms with Crippen molar-refractivity contribution in [3.63, 3.8) is 0 Å². The van der Waals surface area contributed by atoms with Crippen molar-refractivity contribution in [1.82, 2.24) is 0 Å². The van der Waals surface area contributed by atoms with Crippen LogP contribution < -0.4 is 0 Å². The Morgan fingerprint density at radius 1 is 0.619 bits per heavy atom. The van der Waals surface area contributed by atoms with Gasteiger partial charge in [0.25, 0.3) is 0 Å². The van der Waals surface area contributed by atoms with Gasteiger partial charge in [0.15, 0.2) is 0 Å². The predicted octanol–water partition coefficient (Wildman–Crippen LogP) is 7.90. The van der Waals surface area contributed by atoms with Gasteiger partial charge in [-0.3, -0.25) is 0 Å². The largest absolute Gasteiger partial charge is 0.0654 e. The molecule has 0 N–H and O–H groups in total. The number of hydrogen-bond donors (Lipinski definition) is 0.